The van der Waals surface area contributed by atoms with Gasteiger partial charge in [0, 0.05) is 30.8 Å². The van der Waals surface area contributed by atoms with Crippen LogP contribution in [0.15, 0.2) is 24.4 Å². The van der Waals surface area contributed by atoms with Crippen LogP contribution < -0.4 is 15.4 Å². The number of ketones is 1. The summed E-state index contributed by atoms with van der Waals surface area (Å²) in [5.41, 5.74) is 8.41. The fourth-order valence-corrected chi connectivity index (χ4v) is 3.59. The second-order valence-electron chi connectivity index (χ2n) is 6.57. The summed E-state index contributed by atoms with van der Waals surface area (Å²) in [6.45, 7) is 5.47. The lowest BCUT2D eigenvalue weighted by Crippen LogP contribution is -2.39. The number of nitrogens with two attached hydrogens (primary N) is 1. The van der Waals surface area contributed by atoms with E-state index in [4.69, 9.17) is 10.5 Å². The number of nitrogens with zero attached hydrogens (tertiary/aromatic N) is 3. The standard InChI is InChI=1S/C19H24N4O2/c1-12-9-15(10-13(2)18(12)25-3)17(24)14-5-4-8-23(11-14)16-6-7-21-19(20)22-16/h6-7,9-10,14H,4-5,8,11H2,1-3H3,(H2,20,21,22)/t14-/m0/s1. The predicted octanol–water partition coefficient (Wildman–Crippen LogP) is 2.78. The van der Waals surface area contributed by atoms with Gasteiger partial charge in [0.2, 0.25) is 5.95 Å². The number of nitrogen functional groups attached to an aromatic ring is 1. The maximum atomic E-state index is 13.0. The highest BCUT2D eigenvalue weighted by molar-refractivity contribution is 5.99. The van der Waals surface area contributed by atoms with E-state index in [-0.39, 0.29) is 17.6 Å². The van der Waals surface area contributed by atoms with Crippen LogP contribution in [0.4, 0.5) is 11.8 Å². The first-order chi connectivity index (χ1) is 12.0. The number of Topliss-reactive ketones (excluding diaryl/α,β-unsaturated/α-hetero) is 1. The molecule has 1 aliphatic rings. The van der Waals surface area contributed by atoms with E-state index in [1.54, 1.807) is 13.3 Å². The molecule has 6 heteroatoms. The summed E-state index contributed by atoms with van der Waals surface area (Å²) >= 11 is 0. The number of carbonyl (C=O) groups excluding carboxylic acids is 1. The lowest BCUT2D eigenvalue weighted by atomic mass is 9.88. The van der Waals surface area contributed by atoms with Crippen molar-refractivity contribution in [2.45, 2.75) is 26.7 Å². The van der Waals surface area contributed by atoms with Crippen molar-refractivity contribution in [3.8, 4) is 5.75 Å². The summed E-state index contributed by atoms with van der Waals surface area (Å²) in [6, 6.07) is 5.69. The largest absolute Gasteiger partial charge is 0.496 e. The Morgan fingerprint density at radius 1 is 1.32 bits per heavy atom. The average molecular weight is 340 g/mol. The molecule has 1 aliphatic heterocycles. The lowest BCUT2D eigenvalue weighted by Gasteiger charge is -2.33. The highest BCUT2D eigenvalue weighted by Crippen LogP contribution is 2.28. The van der Waals surface area contributed by atoms with Gasteiger partial charge in [-0.05, 0) is 56.0 Å². The Kier molecular flexibility index (Phi) is 4.88. The van der Waals surface area contributed by atoms with Gasteiger partial charge in [-0.2, -0.15) is 4.98 Å². The highest BCUT2D eigenvalue weighted by atomic mass is 16.5. The molecule has 3 rings (SSSR count). The summed E-state index contributed by atoms with van der Waals surface area (Å²) in [4.78, 5) is 23.4. The number of anilines is 2. The van der Waals surface area contributed by atoms with Gasteiger partial charge in [-0.25, -0.2) is 4.98 Å². The van der Waals surface area contributed by atoms with E-state index in [2.05, 4.69) is 14.9 Å². The van der Waals surface area contributed by atoms with Crippen molar-refractivity contribution in [1.29, 1.82) is 0 Å². The molecule has 1 saturated heterocycles. The number of benzene rings is 1. The average Bonchev–Trinajstić information content (AvgIpc) is 2.61. The van der Waals surface area contributed by atoms with Crippen molar-refractivity contribution in [1.82, 2.24) is 9.97 Å². The Hall–Kier alpha value is -2.63. The monoisotopic (exact) mass is 340 g/mol. The maximum absolute atomic E-state index is 13.0. The van der Waals surface area contributed by atoms with Crippen LogP contribution in [0.2, 0.25) is 0 Å². The first kappa shape index (κ1) is 17.2. The quantitative estimate of drug-likeness (QED) is 0.862. The normalized spacial score (nSPS) is 17.4. The molecule has 0 amide bonds. The number of piperidine rings is 1. The summed E-state index contributed by atoms with van der Waals surface area (Å²) < 4.78 is 5.40. The Balaban J connectivity index is 1.80. The fraction of sp³-hybridized carbons (Fsp3) is 0.421. The third-order valence-electron chi connectivity index (χ3n) is 4.72. The first-order valence-corrected chi connectivity index (χ1v) is 8.52. The molecule has 2 heterocycles. The van der Waals surface area contributed by atoms with Crippen molar-refractivity contribution in [2.75, 3.05) is 30.8 Å². The van der Waals surface area contributed by atoms with E-state index in [9.17, 15) is 4.79 Å². The van der Waals surface area contributed by atoms with Crippen molar-refractivity contribution >= 4 is 17.5 Å². The third kappa shape index (κ3) is 3.57. The maximum Gasteiger partial charge on any atom is 0.221 e. The Labute approximate surface area is 148 Å². The molecule has 0 spiro atoms. The molecule has 0 aliphatic carbocycles. The van der Waals surface area contributed by atoms with Gasteiger partial charge in [0.15, 0.2) is 5.78 Å². The molecule has 2 N–H and O–H groups in total. The van der Waals surface area contributed by atoms with Crippen molar-refractivity contribution in [3.05, 3.63) is 41.1 Å². The van der Waals surface area contributed by atoms with E-state index in [0.717, 1.165) is 47.6 Å². The number of hydrogen-bond donors (Lipinski definition) is 1. The zero-order valence-corrected chi connectivity index (χ0v) is 15.0. The molecule has 2 aromatic rings. The summed E-state index contributed by atoms with van der Waals surface area (Å²) in [6.07, 6.45) is 3.49. The summed E-state index contributed by atoms with van der Waals surface area (Å²) in [5, 5.41) is 0. The third-order valence-corrected chi connectivity index (χ3v) is 4.72. The zero-order chi connectivity index (χ0) is 18.0. The Morgan fingerprint density at radius 2 is 2.04 bits per heavy atom. The minimum atomic E-state index is -0.0443. The van der Waals surface area contributed by atoms with Gasteiger partial charge in [0.1, 0.15) is 11.6 Å². The number of carbonyl (C=O) groups is 1. The summed E-state index contributed by atoms with van der Waals surface area (Å²) in [7, 11) is 1.66. The topological polar surface area (TPSA) is 81.3 Å². The van der Waals surface area contributed by atoms with Crippen LogP contribution >= 0.6 is 0 Å². The van der Waals surface area contributed by atoms with Gasteiger partial charge in [-0.15, -0.1) is 0 Å². The van der Waals surface area contributed by atoms with Crippen LogP contribution in [-0.2, 0) is 0 Å². The zero-order valence-electron chi connectivity index (χ0n) is 15.0. The smallest absolute Gasteiger partial charge is 0.221 e. The fourth-order valence-electron chi connectivity index (χ4n) is 3.59. The van der Waals surface area contributed by atoms with E-state index >= 15 is 0 Å². The Bertz CT molecular complexity index is 768. The van der Waals surface area contributed by atoms with Crippen molar-refractivity contribution in [3.63, 3.8) is 0 Å². The molecular formula is C19H24N4O2. The van der Waals surface area contributed by atoms with Gasteiger partial charge < -0.3 is 15.4 Å². The van der Waals surface area contributed by atoms with Gasteiger partial charge in [0.05, 0.1) is 7.11 Å². The van der Waals surface area contributed by atoms with Crippen molar-refractivity contribution < 1.29 is 9.53 Å². The van der Waals surface area contributed by atoms with E-state index in [0.29, 0.717) is 6.54 Å². The van der Waals surface area contributed by atoms with Crippen LogP contribution in [-0.4, -0.2) is 36.0 Å². The number of aromatic nitrogens is 2. The minimum Gasteiger partial charge on any atom is -0.496 e. The van der Waals surface area contributed by atoms with Gasteiger partial charge in [-0.3, -0.25) is 4.79 Å². The van der Waals surface area contributed by atoms with Crippen LogP contribution in [0, 0.1) is 19.8 Å². The molecule has 25 heavy (non-hydrogen) atoms. The number of aryl methyl sites for hydroxylation is 2. The van der Waals surface area contributed by atoms with Crippen LogP contribution in [0.1, 0.15) is 34.3 Å². The Morgan fingerprint density at radius 3 is 2.68 bits per heavy atom. The molecule has 132 valence electrons. The van der Waals surface area contributed by atoms with Gasteiger partial charge in [0.25, 0.3) is 0 Å². The molecule has 1 aromatic heterocycles. The molecule has 0 bridgehead atoms. The van der Waals surface area contributed by atoms with Crippen LogP contribution in [0.5, 0.6) is 5.75 Å². The molecule has 1 fully saturated rings. The molecular weight excluding hydrogens is 316 g/mol. The number of methoxy groups -OCH3 is 1. The van der Waals surface area contributed by atoms with E-state index in [1.807, 2.05) is 32.0 Å². The SMILES string of the molecule is COc1c(C)cc(C(=O)[C@H]2CCCN(c3ccnc(N)n3)C2)cc1C. The van der Waals surface area contributed by atoms with Gasteiger partial charge >= 0.3 is 0 Å². The highest BCUT2D eigenvalue weighted by Gasteiger charge is 2.28. The molecule has 6 nitrogen and oxygen atoms in total. The second kappa shape index (κ2) is 7.09. The first-order valence-electron chi connectivity index (χ1n) is 8.52. The molecule has 0 unspecified atom stereocenters. The van der Waals surface area contributed by atoms with Crippen LogP contribution in [0.3, 0.4) is 0 Å². The number of ether oxygens (including phenoxy) is 1. The van der Waals surface area contributed by atoms with E-state index < -0.39 is 0 Å². The van der Waals surface area contributed by atoms with Gasteiger partial charge in [-0.1, -0.05) is 0 Å². The number of rotatable bonds is 4. The lowest BCUT2D eigenvalue weighted by molar-refractivity contribution is 0.0907. The molecule has 1 atom stereocenters. The predicted molar refractivity (Wildman–Crippen MR) is 98.2 cm³/mol. The number of hydrogen-bond acceptors (Lipinski definition) is 6. The second-order valence-corrected chi connectivity index (χ2v) is 6.57. The molecule has 0 radical (unpaired) electrons. The molecule has 1 aromatic carbocycles. The summed E-state index contributed by atoms with van der Waals surface area (Å²) in [5.74, 6) is 2.02. The minimum absolute atomic E-state index is 0.0443. The van der Waals surface area contributed by atoms with Crippen molar-refractivity contribution in [2.24, 2.45) is 5.92 Å². The molecule has 0 saturated carbocycles. The van der Waals surface area contributed by atoms with Crippen LogP contribution in [0.25, 0.3) is 0 Å². The van der Waals surface area contributed by atoms with E-state index in [1.165, 1.54) is 0 Å².